The van der Waals surface area contributed by atoms with Crippen molar-refractivity contribution in [2.75, 3.05) is 13.7 Å². The second-order valence-electron chi connectivity index (χ2n) is 5.11. The summed E-state index contributed by atoms with van der Waals surface area (Å²) < 4.78 is 10.5. The van der Waals surface area contributed by atoms with Crippen LogP contribution >= 0.6 is 11.6 Å². The van der Waals surface area contributed by atoms with Crippen LogP contribution in [0.3, 0.4) is 0 Å². The summed E-state index contributed by atoms with van der Waals surface area (Å²) in [5.41, 5.74) is 1.58. The van der Waals surface area contributed by atoms with E-state index in [0.29, 0.717) is 17.9 Å². The lowest BCUT2D eigenvalue weighted by Crippen LogP contribution is -2.13. The van der Waals surface area contributed by atoms with Crippen LogP contribution in [0, 0.1) is 5.92 Å². The van der Waals surface area contributed by atoms with E-state index >= 15 is 0 Å². The summed E-state index contributed by atoms with van der Waals surface area (Å²) in [5.74, 6) is 0.298. The molecule has 0 bridgehead atoms. The molecular formula is C17H18ClNO3. The first kappa shape index (κ1) is 16.3. The minimum atomic E-state index is -0.428. The van der Waals surface area contributed by atoms with Crippen molar-refractivity contribution in [3.8, 4) is 5.75 Å². The molecular weight excluding hydrogens is 302 g/mol. The SMILES string of the molecule is COC(=O)c1ccncc1OCC(C)Cc1ccc(Cl)cc1. The van der Waals surface area contributed by atoms with Gasteiger partial charge in [0.2, 0.25) is 0 Å². The average Bonchev–Trinajstić information content (AvgIpc) is 2.54. The van der Waals surface area contributed by atoms with E-state index in [0.717, 1.165) is 11.4 Å². The van der Waals surface area contributed by atoms with Gasteiger partial charge in [-0.15, -0.1) is 0 Å². The van der Waals surface area contributed by atoms with Gasteiger partial charge in [-0.2, -0.15) is 0 Å². The Kier molecular flexibility index (Phi) is 5.78. The van der Waals surface area contributed by atoms with E-state index in [1.165, 1.54) is 25.1 Å². The van der Waals surface area contributed by atoms with Crippen LogP contribution in [0.1, 0.15) is 22.8 Å². The standard InChI is InChI=1S/C17H18ClNO3/c1-12(9-13-3-5-14(18)6-4-13)11-22-16-10-19-8-7-15(16)17(20)21-2/h3-8,10,12H,9,11H2,1-2H3. The summed E-state index contributed by atoms with van der Waals surface area (Å²) >= 11 is 5.87. The molecule has 1 atom stereocenters. The summed E-state index contributed by atoms with van der Waals surface area (Å²) in [6, 6.07) is 9.35. The molecule has 0 aliphatic rings. The van der Waals surface area contributed by atoms with Gasteiger partial charge >= 0.3 is 5.97 Å². The highest BCUT2D eigenvalue weighted by Gasteiger charge is 2.14. The zero-order chi connectivity index (χ0) is 15.9. The van der Waals surface area contributed by atoms with E-state index in [9.17, 15) is 4.79 Å². The van der Waals surface area contributed by atoms with Crippen molar-refractivity contribution in [3.05, 3.63) is 58.9 Å². The summed E-state index contributed by atoms with van der Waals surface area (Å²) in [5, 5.41) is 0.728. The van der Waals surface area contributed by atoms with E-state index in [1.54, 1.807) is 6.07 Å². The van der Waals surface area contributed by atoms with Gasteiger partial charge in [-0.05, 0) is 36.1 Å². The van der Waals surface area contributed by atoms with Gasteiger partial charge in [-0.3, -0.25) is 4.98 Å². The predicted molar refractivity (Wildman–Crippen MR) is 85.4 cm³/mol. The quantitative estimate of drug-likeness (QED) is 0.760. The molecule has 0 aliphatic carbocycles. The number of rotatable bonds is 6. The van der Waals surface area contributed by atoms with Gasteiger partial charge in [0.05, 0.1) is 19.9 Å². The van der Waals surface area contributed by atoms with Crippen LogP contribution in [0.15, 0.2) is 42.7 Å². The fraction of sp³-hybridized carbons (Fsp3) is 0.294. The number of esters is 1. The van der Waals surface area contributed by atoms with Gasteiger partial charge in [0.25, 0.3) is 0 Å². The van der Waals surface area contributed by atoms with Gasteiger partial charge < -0.3 is 9.47 Å². The Bertz CT molecular complexity index is 628. The Labute approximate surface area is 135 Å². The molecule has 2 rings (SSSR count). The van der Waals surface area contributed by atoms with E-state index < -0.39 is 5.97 Å². The minimum absolute atomic E-state index is 0.284. The number of ether oxygens (including phenoxy) is 2. The molecule has 0 fully saturated rings. The summed E-state index contributed by atoms with van der Waals surface area (Å²) in [6.07, 6.45) is 3.93. The normalized spacial score (nSPS) is 11.8. The molecule has 0 amide bonds. The topological polar surface area (TPSA) is 48.4 Å². The van der Waals surface area contributed by atoms with E-state index in [-0.39, 0.29) is 5.92 Å². The number of aromatic nitrogens is 1. The molecule has 1 unspecified atom stereocenters. The molecule has 1 aromatic carbocycles. The maximum atomic E-state index is 11.7. The number of hydrogen-bond acceptors (Lipinski definition) is 4. The molecule has 0 spiro atoms. The number of methoxy groups -OCH3 is 1. The van der Waals surface area contributed by atoms with Crippen LogP contribution in [0.4, 0.5) is 0 Å². The smallest absolute Gasteiger partial charge is 0.341 e. The molecule has 22 heavy (non-hydrogen) atoms. The third-order valence-electron chi connectivity index (χ3n) is 3.21. The Balaban J connectivity index is 1.95. The molecule has 1 aromatic heterocycles. The Morgan fingerprint density at radius 2 is 2.00 bits per heavy atom. The maximum absolute atomic E-state index is 11.7. The van der Waals surface area contributed by atoms with Crippen molar-refractivity contribution < 1.29 is 14.3 Å². The second kappa shape index (κ2) is 7.80. The van der Waals surface area contributed by atoms with Crippen molar-refractivity contribution in [2.45, 2.75) is 13.3 Å². The minimum Gasteiger partial charge on any atom is -0.491 e. The number of hydrogen-bond donors (Lipinski definition) is 0. The lowest BCUT2D eigenvalue weighted by atomic mass is 10.0. The Morgan fingerprint density at radius 3 is 2.68 bits per heavy atom. The van der Waals surface area contributed by atoms with Gasteiger partial charge in [0, 0.05) is 11.2 Å². The lowest BCUT2D eigenvalue weighted by molar-refractivity contribution is 0.0595. The molecule has 0 saturated carbocycles. The molecule has 1 heterocycles. The Hall–Kier alpha value is -2.07. The first-order chi connectivity index (χ1) is 10.6. The van der Waals surface area contributed by atoms with Crippen LogP contribution in [0.5, 0.6) is 5.75 Å². The number of halogens is 1. The van der Waals surface area contributed by atoms with Gasteiger partial charge in [-0.1, -0.05) is 30.7 Å². The molecule has 116 valence electrons. The molecule has 0 N–H and O–H groups in total. The van der Waals surface area contributed by atoms with Crippen LogP contribution in [-0.2, 0) is 11.2 Å². The highest BCUT2D eigenvalue weighted by Crippen LogP contribution is 2.19. The summed E-state index contributed by atoms with van der Waals surface area (Å²) in [4.78, 5) is 15.6. The van der Waals surface area contributed by atoms with Crippen LogP contribution < -0.4 is 4.74 Å². The van der Waals surface area contributed by atoms with Crippen molar-refractivity contribution in [1.29, 1.82) is 0 Å². The molecule has 5 heteroatoms. The van der Waals surface area contributed by atoms with Crippen molar-refractivity contribution in [3.63, 3.8) is 0 Å². The third kappa shape index (κ3) is 4.46. The fourth-order valence-corrected chi connectivity index (χ4v) is 2.21. The predicted octanol–water partition coefficient (Wildman–Crippen LogP) is 3.78. The first-order valence-electron chi connectivity index (χ1n) is 6.99. The monoisotopic (exact) mass is 319 g/mol. The number of pyridine rings is 1. The van der Waals surface area contributed by atoms with Crippen LogP contribution in [-0.4, -0.2) is 24.7 Å². The number of benzene rings is 1. The van der Waals surface area contributed by atoms with Crippen LogP contribution in [0.2, 0.25) is 5.02 Å². The van der Waals surface area contributed by atoms with Gasteiger partial charge in [0.15, 0.2) is 5.75 Å². The van der Waals surface area contributed by atoms with E-state index in [1.807, 2.05) is 24.3 Å². The number of nitrogens with zero attached hydrogens (tertiary/aromatic N) is 1. The highest BCUT2D eigenvalue weighted by molar-refractivity contribution is 6.30. The molecule has 2 aromatic rings. The maximum Gasteiger partial charge on any atom is 0.341 e. The lowest BCUT2D eigenvalue weighted by Gasteiger charge is -2.14. The molecule has 0 saturated heterocycles. The molecule has 4 nitrogen and oxygen atoms in total. The summed E-state index contributed by atoms with van der Waals surface area (Å²) in [7, 11) is 1.34. The molecule has 0 aliphatic heterocycles. The first-order valence-corrected chi connectivity index (χ1v) is 7.37. The Morgan fingerprint density at radius 1 is 1.27 bits per heavy atom. The zero-order valence-corrected chi connectivity index (χ0v) is 13.3. The van der Waals surface area contributed by atoms with Gasteiger partial charge in [-0.25, -0.2) is 4.79 Å². The second-order valence-corrected chi connectivity index (χ2v) is 5.55. The van der Waals surface area contributed by atoms with E-state index in [4.69, 9.17) is 21.1 Å². The fourth-order valence-electron chi connectivity index (χ4n) is 2.09. The van der Waals surface area contributed by atoms with Crippen molar-refractivity contribution in [1.82, 2.24) is 4.98 Å². The number of carbonyl (C=O) groups is 1. The molecule has 0 radical (unpaired) electrons. The largest absolute Gasteiger partial charge is 0.491 e. The van der Waals surface area contributed by atoms with E-state index in [2.05, 4.69) is 11.9 Å². The van der Waals surface area contributed by atoms with Crippen molar-refractivity contribution >= 4 is 17.6 Å². The van der Waals surface area contributed by atoms with Crippen LogP contribution in [0.25, 0.3) is 0 Å². The number of carbonyl (C=O) groups excluding carboxylic acids is 1. The third-order valence-corrected chi connectivity index (χ3v) is 3.46. The van der Waals surface area contributed by atoms with Crippen molar-refractivity contribution in [2.24, 2.45) is 5.92 Å². The summed E-state index contributed by atoms with van der Waals surface area (Å²) in [6.45, 7) is 2.57. The average molecular weight is 320 g/mol. The van der Waals surface area contributed by atoms with Gasteiger partial charge in [0.1, 0.15) is 5.56 Å². The highest BCUT2D eigenvalue weighted by atomic mass is 35.5. The zero-order valence-electron chi connectivity index (χ0n) is 12.6.